The number of fused-ring (bicyclic) bond motifs is 1. The molecule has 3 rings (SSSR count). The number of nitrogens with zero attached hydrogens (tertiary/aromatic N) is 2. The Morgan fingerprint density at radius 3 is 2.93 bits per heavy atom. The minimum Gasteiger partial charge on any atom is -0.375 e. The van der Waals surface area contributed by atoms with Crippen LogP contribution in [0.1, 0.15) is 41.5 Å². The largest absolute Gasteiger partial charge is 0.375 e. The van der Waals surface area contributed by atoms with Gasteiger partial charge in [-0.05, 0) is 19.3 Å². The van der Waals surface area contributed by atoms with Gasteiger partial charge in [0.15, 0.2) is 0 Å². The Morgan fingerprint density at radius 1 is 1.33 bits per heavy atom. The number of hydrogen-bond donors (Lipinski definition) is 1. The van der Waals surface area contributed by atoms with Crippen LogP contribution < -0.4 is 5.73 Å². The summed E-state index contributed by atoms with van der Waals surface area (Å²) in [7, 11) is 0. The molecule has 0 spiro atoms. The first kappa shape index (κ1) is 9.24. The molecule has 1 aliphatic heterocycles. The molecular formula is C11H15N3O. The maximum absolute atomic E-state index is 5.73. The molecule has 2 aliphatic rings. The third-order valence-electron chi connectivity index (χ3n) is 3.07. The fourth-order valence-electron chi connectivity index (χ4n) is 2.05. The van der Waals surface area contributed by atoms with Crippen LogP contribution in [0.2, 0.25) is 0 Å². The zero-order chi connectivity index (χ0) is 10.3. The van der Waals surface area contributed by atoms with Crippen LogP contribution in [-0.4, -0.2) is 16.6 Å². The Kier molecular flexibility index (Phi) is 2.18. The number of ether oxygens (including phenoxy) is 1. The zero-order valence-electron chi connectivity index (χ0n) is 8.70. The zero-order valence-corrected chi connectivity index (χ0v) is 8.70. The van der Waals surface area contributed by atoms with Crippen molar-refractivity contribution in [3.05, 3.63) is 22.8 Å². The molecule has 1 fully saturated rings. The van der Waals surface area contributed by atoms with Crippen LogP contribution in [-0.2, 0) is 24.3 Å². The van der Waals surface area contributed by atoms with E-state index in [4.69, 9.17) is 10.5 Å². The first-order chi connectivity index (χ1) is 7.38. The van der Waals surface area contributed by atoms with Gasteiger partial charge in [-0.15, -0.1) is 0 Å². The van der Waals surface area contributed by atoms with Crippen molar-refractivity contribution in [2.75, 3.05) is 6.61 Å². The SMILES string of the molecule is NCc1nc(C2CC2)nc2c1CCOC2. The summed E-state index contributed by atoms with van der Waals surface area (Å²) in [5, 5.41) is 0. The topological polar surface area (TPSA) is 61.0 Å². The van der Waals surface area contributed by atoms with Gasteiger partial charge in [0.2, 0.25) is 0 Å². The van der Waals surface area contributed by atoms with Crippen LogP contribution in [0, 0.1) is 0 Å². The summed E-state index contributed by atoms with van der Waals surface area (Å²) in [6.45, 7) is 1.92. The predicted molar refractivity (Wildman–Crippen MR) is 55.3 cm³/mol. The lowest BCUT2D eigenvalue weighted by Gasteiger charge is -2.18. The molecular weight excluding hydrogens is 190 g/mol. The molecule has 1 saturated carbocycles. The maximum Gasteiger partial charge on any atom is 0.132 e. The lowest BCUT2D eigenvalue weighted by Crippen LogP contribution is -2.19. The Hall–Kier alpha value is -1.00. The minimum absolute atomic E-state index is 0.518. The predicted octanol–water partition coefficient (Wildman–Crippen LogP) is 0.885. The highest BCUT2D eigenvalue weighted by Crippen LogP contribution is 2.38. The van der Waals surface area contributed by atoms with Crippen molar-refractivity contribution in [3.63, 3.8) is 0 Å². The molecule has 0 saturated heterocycles. The standard InChI is InChI=1S/C11H15N3O/c12-5-9-8-3-4-15-6-10(8)14-11(13-9)7-1-2-7/h7H,1-6,12H2. The van der Waals surface area contributed by atoms with E-state index in [1.54, 1.807) is 0 Å². The molecule has 0 atom stereocenters. The second-order valence-corrected chi connectivity index (χ2v) is 4.23. The van der Waals surface area contributed by atoms with Gasteiger partial charge in [-0.3, -0.25) is 0 Å². The summed E-state index contributed by atoms with van der Waals surface area (Å²) < 4.78 is 5.42. The van der Waals surface area contributed by atoms with Crippen LogP contribution in [0.5, 0.6) is 0 Å². The van der Waals surface area contributed by atoms with Crippen molar-refractivity contribution >= 4 is 0 Å². The molecule has 0 radical (unpaired) electrons. The molecule has 1 aromatic rings. The van der Waals surface area contributed by atoms with Crippen molar-refractivity contribution in [1.29, 1.82) is 0 Å². The Morgan fingerprint density at radius 2 is 2.20 bits per heavy atom. The van der Waals surface area contributed by atoms with Crippen LogP contribution in [0.4, 0.5) is 0 Å². The average molecular weight is 205 g/mol. The van der Waals surface area contributed by atoms with Crippen molar-refractivity contribution in [3.8, 4) is 0 Å². The van der Waals surface area contributed by atoms with Crippen molar-refractivity contribution in [2.24, 2.45) is 5.73 Å². The molecule has 0 unspecified atom stereocenters. The maximum atomic E-state index is 5.73. The van der Waals surface area contributed by atoms with Gasteiger partial charge in [0.25, 0.3) is 0 Å². The first-order valence-electron chi connectivity index (χ1n) is 5.55. The van der Waals surface area contributed by atoms with E-state index in [1.165, 1.54) is 18.4 Å². The molecule has 15 heavy (non-hydrogen) atoms. The molecule has 4 heteroatoms. The van der Waals surface area contributed by atoms with Crippen LogP contribution in [0.3, 0.4) is 0 Å². The summed E-state index contributed by atoms with van der Waals surface area (Å²) >= 11 is 0. The molecule has 0 amide bonds. The summed E-state index contributed by atoms with van der Waals surface area (Å²) in [6.07, 6.45) is 3.36. The number of hydrogen-bond acceptors (Lipinski definition) is 4. The van der Waals surface area contributed by atoms with Gasteiger partial charge in [0.05, 0.1) is 24.6 Å². The van der Waals surface area contributed by atoms with E-state index in [0.29, 0.717) is 19.1 Å². The van der Waals surface area contributed by atoms with Crippen molar-refractivity contribution < 1.29 is 4.74 Å². The van der Waals surface area contributed by atoms with Gasteiger partial charge >= 0.3 is 0 Å². The quantitative estimate of drug-likeness (QED) is 0.778. The van der Waals surface area contributed by atoms with Crippen LogP contribution in [0.15, 0.2) is 0 Å². The highest BCUT2D eigenvalue weighted by molar-refractivity contribution is 5.28. The van der Waals surface area contributed by atoms with E-state index in [9.17, 15) is 0 Å². The Balaban J connectivity index is 2.06. The van der Waals surface area contributed by atoms with E-state index in [-0.39, 0.29) is 0 Å². The van der Waals surface area contributed by atoms with E-state index in [0.717, 1.165) is 30.2 Å². The first-order valence-corrected chi connectivity index (χ1v) is 5.55. The normalized spacial score (nSPS) is 20.1. The molecule has 1 aromatic heterocycles. The molecule has 80 valence electrons. The third-order valence-corrected chi connectivity index (χ3v) is 3.07. The number of rotatable bonds is 2. The van der Waals surface area contributed by atoms with Gasteiger partial charge in [0.1, 0.15) is 5.82 Å². The number of aromatic nitrogens is 2. The fraction of sp³-hybridized carbons (Fsp3) is 0.636. The Labute approximate surface area is 88.9 Å². The molecule has 0 aromatic carbocycles. The number of nitrogens with two attached hydrogens (primary N) is 1. The molecule has 2 heterocycles. The van der Waals surface area contributed by atoms with E-state index < -0.39 is 0 Å². The highest BCUT2D eigenvalue weighted by Gasteiger charge is 2.28. The highest BCUT2D eigenvalue weighted by atomic mass is 16.5. The smallest absolute Gasteiger partial charge is 0.132 e. The lowest BCUT2D eigenvalue weighted by molar-refractivity contribution is 0.106. The molecule has 1 aliphatic carbocycles. The minimum atomic E-state index is 0.518. The second-order valence-electron chi connectivity index (χ2n) is 4.23. The van der Waals surface area contributed by atoms with Crippen LogP contribution in [0.25, 0.3) is 0 Å². The van der Waals surface area contributed by atoms with Gasteiger partial charge in [-0.1, -0.05) is 0 Å². The summed E-state index contributed by atoms with van der Waals surface area (Å²) in [5.74, 6) is 1.57. The van der Waals surface area contributed by atoms with Crippen LogP contribution >= 0.6 is 0 Å². The summed E-state index contributed by atoms with van der Waals surface area (Å²) in [4.78, 5) is 9.17. The van der Waals surface area contributed by atoms with Gasteiger partial charge in [0, 0.05) is 18.0 Å². The molecule has 2 N–H and O–H groups in total. The van der Waals surface area contributed by atoms with Gasteiger partial charge in [-0.25, -0.2) is 9.97 Å². The van der Waals surface area contributed by atoms with Crippen molar-refractivity contribution in [1.82, 2.24) is 9.97 Å². The third kappa shape index (κ3) is 1.64. The van der Waals surface area contributed by atoms with Crippen molar-refractivity contribution in [2.45, 2.75) is 38.3 Å². The fourth-order valence-corrected chi connectivity index (χ4v) is 2.05. The lowest BCUT2D eigenvalue weighted by atomic mass is 10.1. The van der Waals surface area contributed by atoms with E-state index in [1.807, 2.05) is 0 Å². The average Bonchev–Trinajstić information content (AvgIpc) is 3.11. The summed E-state index contributed by atoms with van der Waals surface area (Å²) in [6, 6.07) is 0. The van der Waals surface area contributed by atoms with Gasteiger partial charge < -0.3 is 10.5 Å². The molecule has 0 bridgehead atoms. The van der Waals surface area contributed by atoms with E-state index >= 15 is 0 Å². The summed E-state index contributed by atoms with van der Waals surface area (Å²) in [5.41, 5.74) is 9.06. The monoisotopic (exact) mass is 205 g/mol. The van der Waals surface area contributed by atoms with E-state index in [2.05, 4.69) is 9.97 Å². The second kappa shape index (κ2) is 3.54. The van der Waals surface area contributed by atoms with Gasteiger partial charge in [-0.2, -0.15) is 0 Å². The molecule has 4 nitrogen and oxygen atoms in total. The Bertz CT molecular complexity index is 370.